The third kappa shape index (κ3) is 5.45. The summed E-state index contributed by atoms with van der Waals surface area (Å²) in [6.45, 7) is 3.89. The first-order valence-electron chi connectivity index (χ1n) is 11.4. The van der Waals surface area contributed by atoms with Gasteiger partial charge in [0.2, 0.25) is 0 Å². The first-order valence-corrected chi connectivity index (χ1v) is 11.4. The van der Waals surface area contributed by atoms with Gasteiger partial charge in [-0.15, -0.1) is 0 Å². The Kier molecular flexibility index (Phi) is 7.14. The Morgan fingerprint density at radius 3 is 2.45 bits per heavy atom. The number of methoxy groups -OCH3 is 1. The molecule has 6 heteroatoms. The van der Waals surface area contributed by atoms with Crippen molar-refractivity contribution in [2.75, 3.05) is 7.11 Å². The minimum Gasteiger partial charge on any atom is -0.496 e. The lowest BCUT2D eigenvalue weighted by Gasteiger charge is -2.29. The third-order valence-electron chi connectivity index (χ3n) is 6.19. The van der Waals surface area contributed by atoms with Gasteiger partial charge in [0.25, 0.3) is 0 Å². The molecule has 2 aromatic carbocycles. The van der Waals surface area contributed by atoms with Gasteiger partial charge in [-0.1, -0.05) is 18.2 Å². The summed E-state index contributed by atoms with van der Waals surface area (Å²) in [6.07, 6.45) is 4.02. The van der Waals surface area contributed by atoms with E-state index in [0.29, 0.717) is 17.8 Å². The smallest absolute Gasteiger partial charge is 0.339 e. The molecule has 0 aliphatic heterocycles. The highest BCUT2D eigenvalue weighted by molar-refractivity contribution is 5.84. The average Bonchev–Trinajstić information content (AvgIpc) is 2.81. The van der Waals surface area contributed by atoms with Crippen LogP contribution in [0.5, 0.6) is 11.5 Å². The number of ether oxygens (including phenoxy) is 3. The topological polar surface area (TPSA) is 75.0 Å². The second-order valence-electron chi connectivity index (χ2n) is 8.68. The summed E-state index contributed by atoms with van der Waals surface area (Å²) in [7, 11) is 1.67. The number of hydrogen-bond acceptors (Lipinski definition) is 6. The molecule has 4 rings (SSSR count). The van der Waals surface area contributed by atoms with Gasteiger partial charge in [-0.2, -0.15) is 0 Å². The summed E-state index contributed by atoms with van der Waals surface area (Å²) in [5.74, 6) is 1.51. The number of carbonyl (C=O) groups excluding carboxylic acids is 1. The standard InChI is InChI=1S/C27H30O6/c1-17(28)14-21-15-19-8-13-24(18(2)26(19)33-27(21)29)32-23-11-9-22(10-12-23)31-16-20-6-4-5-7-25(20)30-3/h4-8,13,15,22-23H,9-12,14,16H2,1-3H3. The number of ketones is 1. The molecule has 1 aliphatic rings. The minimum atomic E-state index is -0.467. The van der Waals surface area contributed by atoms with Gasteiger partial charge in [-0.05, 0) is 63.8 Å². The molecular formula is C27H30O6. The van der Waals surface area contributed by atoms with E-state index in [9.17, 15) is 9.59 Å². The molecular weight excluding hydrogens is 420 g/mol. The number of para-hydroxylation sites is 1. The van der Waals surface area contributed by atoms with Crippen LogP contribution in [0.3, 0.4) is 0 Å². The summed E-state index contributed by atoms with van der Waals surface area (Å²) in [6, 6.07) is 13.5. The van der Waals surface area contributed by atoms with Crippen LogP contribution in [0, 0.1) is 6.92 Å². The van der Waals surface area contributed by atoms with Crippen molar-refractivity contribution in [1.82, 2.24) is 0 Å². The molecule has 0 bridgehead atoms. The number of aryl methyl sites for hydroxylation is 1. The number of carbonyl (C=O) groups is 1. The Hall–Kier alpha value is -3.12. The van der Waals surface area contributed by atoms with Gasteiger partial charge in [0.05, 0.1) is 25.9 Å². The lowest BCUT2D eigenvalue weighted by molar-refractivity contribution is -0.116. The van der Waals surface area contributed by atoms with Crippen molar-refractivity contribution in [3.05, 3.63) is 69.6 Å². The zero-order valence-electron chi connectivity index (χ0n) is 19.4. The average molecular weight is 451 g/mol. The van der Waals surface area contributed by atoms with Crippen molar-refractivity contribution < 1.29 is 23.4 Å². The highest BCUT2D eigenvalue weighted by Crippen LogP contribution is 2.32. The van der Waals surface area contributed by atoms with Gasteiger partial charge in [-0.3, -0.25) is 4.79 Å². The van der Waals surface area contributed by atoms with Gasteiger partial charge in [0.1, 0.15) is 22.9 Å². The number of fused-ring (bicyclic) bond motifs is 1. The predicted molar refractivity (Wildman–Crippen MR) is 126 cm³/mol. The van der Waals surface area contributed by atoms with E-state index in [1.807, 2.05) is 43.3 Å². The molecule has 6 nitrogen and oxygen atoms in total. The Balaban J connectivity index is 1.37. The molecule has 0 radical (unpaired) electrons. The summed E-state index contributed by atoms with van der Waals surface area (Å²) >= 11 is 0. The van der Waals surface area contributed by atoms with Crippen molar-refractivity contribution >= 4 is 16.8 Å². The Labute approximate surface area is 193 Å². The molecule has 174 valence electrons. The number of benzene rings is 2. The number of hydrogen-bond donors (Lipinski definition) is 0. The Morgan fingerprint density at radius 1 is 1.00 bits per heavy atom. The maximum absolute atomic E-state index is 12.3. The van der Waals surface area contributed by atoms with E-state index >= 15 is 0 Å². The van der Waals surface area contributed by atoms with Crippen LogP contribution in [0.4, 0.5) is 0 Å². The molecule has 0 N–H and O–H groups in total. The summed E-state index contributed by atoms with van der Waals surface area (Å²) in [5, 5.41) is 0.796. The predicted octanol–water partition coefficient (Wildman–Crippen LogP) is 5.15. The fraction of sp³-hybridized carbons (Fsp3) is 0.407. The van der Waals surface area contributed by atoms with Gasteiger partial charge in [-0.25, -0.2) is 4.79 Å². The van der Waals surface area contributed by atoms with Crippen LogP contribution in [0.15, 0.2) is 51.7 Å². The van der Waals surface area contributed by atoms with Crippen molar-refractivity contribution in [2.24, 2.45) is 0 Å². The number of Topliss-reactive ketones (excluding diaryl/α,β-unsaturated/α-hetero) is 1. The third-order valence-corrected chi connectivity index (χ3v) is 6.19. The van der Waals surface area contributed by atoms with Crippen molar-refractivity contribution in [3.8, 4) is 11.5 Å². The van der Waals surface area contributed by atoms with E-state index in [1.165, 1.54) is 6.92 Å². The molecule has 1 saturated carbocycles. The van der Waals surface area contributed by atoms with E-state index < -0.39 is 5.63 Å². The van der Waals surface area contributed by atoms with E-state index in [1.54, 1.807) is 13.2 Å². The zero-order valence-corrected chi connectivity index (χ0v) is 19.4. The van der Waals surface area contributed by atoms with Crippen LogP contribution in [-0.4, -0.2) is 25.1 Å². The molecule has 0 atom stereocenters. The Bertz CT molecular complexity index is 1190. The van der Waals surface area contributed by atoms with E-state index in [0.717, 1.165) is 53.7 Å². The fourth-order valence-corrected chi connectivity index (χ4v) is 4.39. The van der Waals surface area contributed by atoms with E-state index in [4.69, 9.17) is 18.6 Å². The second kappa shape index (κ2) is 10.2. The van der Waals surface area contributed by atoms with Crippen LogP contribution in [0.2, 0.25) is 0 Å². The highest BCUT2D eigenvalue weighted by atomic mass is 16.5. The van der Waals surface area contributed by atoms with Crippen LogP contribution in [0.1, 0.15) is 49.3 Å². The molecule has 0 saturated heterocycles. The largest absolute Gasteiger partial charge is 0.496 e. The monoisotopic (exact) mass is 450 g/mol. The lowest BCUT2D eigenvalue weighted by Crippen LogP contribution is -2.28. The van der Waals surface area contributed by atoms with Crippen LogP contribution in [-0.2, 0) is 22.6 Å². The van der Waals surface area contributed by atoms with Crippen molar-refractivity contribution in [2.45, 2.75) is 64.8 Å². The van der Waals surface area contributed by atoms with E-state index in [-0.39, 0.29) is 24.4 Å². The maximum Gasteiger partial charge on any atom is 0.339 e. The maximum atomic E-state index is 12.3. The molecule has 33 heavy (non-hydrogen) atoms. The van der Waals surface area contributed by atoms with Gasteiger partial charge >= 0.3 is 5.63 Å². The highest BCUT2D eigenvalue weighted by Gasteiger charge is 2.24. The molecule has 0 unspecified atom stereocenters. The SMILES string of the molecule is COc1ccccc1COC1CCC(Oc2ccc3cc(CC(C)=O)c(=O)oc3c2C)CC1. The van der Waals surface area contributed by atoms with Gasteiger partial charge in [0.15, 0.2) is 0 Å². The minimum absolute atomic E-state index is 0.0687. The molecule has 0 spiro atoms. The second-order valence-corrected chi connectivity index (χ2v) is 8.68. The quantitative estimate of drug-likeness (QED) is 0.442. The zero-order chi connectivity index (χ0) is 23.4. The fourth-order valence-electron chi connectivity index (χ4n) is 4.39. The van der Waals surface area contributed by atoms with Crippen molar-refractivity contribution in [1.29, 1.82) is 0 Å². The van der Waals surface area contributed by atoms with Crippen LogP contribution in [0.25, 0.3) is 11.0 Å². The molecule has 1 aromatic heterocycles. The van der Waals surface area contributed by atoms with Crippen LogP contribution < -0.4 is 15.1 Å². The summed E-state index contributed by atoms with van der Waals surface area (Å²) < 4.78 is 23.4. The molecule has 0 amide bonds. The van der Waals surface area contributed by atoms with Gasteiger partial charge in [0, 0.05) is 28.5 Å². The molecule has 1 fully saturated rings. The molecule has 1 aliphatic carbocycles. The van der Waals surface area contributed by atoms with Crippen LogP contribution >= 0.6 is 0 Å². The summed E-state index contributed by atoms with van der Waals surface area (Å²) in [4.78, 5) is 23.7. The van der Waals surface area contributed by atoms with E-state index in [2.05, 4.69) is 0 Å². The molecule has 3 aromatic rings. The lowest BCUT2D eigenvalue weighted by atomic mass is 9.94. The number of rotatable bonds is 8. The summed E-state index contributed by atoms with van der Waals surface area (Å²) in [5.41, 5.74) is 2.28. The normalized spacial score (nSPS) is 18.3. The van der Waals surface area contributed by atoms with Gasteiger partial charge < -0.3 is 18.6 Å². The first kappa shape index (κ1) is 23.1. The Morgan fingerprint density at radius 2 is 1.73 bits per heavy atom. The van der Waals surface area contributed by atoms with Crippen molar-refractivity contribution in [3.63, 3.8) is 0 Å². The first-order chi connectivity index (χ1) is 15.9. The molecule has 1 heterocycles.